The molecule has 0 unspecified atom stereocenters. The molecule has 2 rings (SSSR count). The molecule has 1 aromatic carbocycles. The van der Waals surface area contributed by atoms with Crippen molar-refractivity contribution < 1.29 is 9.53 Å². The molecule has 1 aromatic rings. The van der Waals surface area contributed by atoms with Crippen LogP contribution < -0.4 is 0 Å². The molecule has 0 saturated carbocycles. The number of rotatable bonds is 3. The number of nitrogens with zero attached hydrogens (tertiary/aromatic N) is 1. The van der Waals surface area contributed by atoms with Crippen molar-refractivity contribution in [1.29, 1.82) is 0 Å². The first-order valence-electron chi connectivity index (χ1n) is 5.09. The molecule has 84 valence electrons. The molecular formula is C12H12INO2. The Labute approximate surface area is 108 Å². The van der Waals surface area contributed by atoms with Crippen LogP contribution in [0.4, 0.5) is 4.79 Å². The summed E-state index contributed by atoms with van der Waals surface area (Å²) in [4.78, 5) is 13.1. The van der Waals surface area contributed by atoms with Gasteiger partial charge in [-0.1, -0.05) is 30.3 Å². The van der Waals surface area contributed by atoms with Gasteiger partial charge in [0.05, 0.1) is 6.54 Å². The summed E-state index contributed by atoms with van der Waals surface area (Å²) in [5, 5.41) is 0. The lowest BCUT2D eigenvalue weighted by atomic mass is 10.1. The van der Waals surface area contributed by atoms with Crippen LogP contribution in [0.1, 0.15) is 5.56 Å². The van der Waals surface area contributed by atoms with E-state index in [9.17, 15) is 4.79 Å². The van der Waals surface area contributed by atoms with Crippen molar-refractivity contribution >= 4 is 28.7 Å². The van der Waals surface area contributed by atoms with Crippen molar-refractivity contribution in [2.45, 2.75) is 6.42 Å². The van der Waals surface area contributed by atoms with Crippen LogP contribution >= 0.6 is 22.6 Å². The van der Waals surface area contributed by atoms with Crippen molar-refractivity contribution in [2.75, 3.05) is 13.1 Å². The van der Waals surface area contributed by atoms with Crippen LogP contribution in [0.3, 0.4) is 0 Å². The van der Waals surface area contributed by atoms with Crippen LogP contribution in [-0.4, -0.2) is 24.1 Å². The van der Waals surface area contributed by atoms with Crippen molar-refractivity contribution in [1.82, 2.24) is 4.90 Å². The summed E-state index contributed by atoms with van der Waals surface area (Å²) in [6.07, 6.45) is 0.628. The lowest BCUT2D eigenvalue weighted by Crippen LogP contribution is -2.26. The van der Waals surface area contributed by atoms with E-state index < -0.39 is 0 Å². The Morgan fingerprint density at radius 2 is 2.12 bits per heavy atom. The number of hydrogen-bond donors (Lipinski definition) is 0. The van der Waals surface area contributed by atoms with E-state index >= 15 is 0 Å². The molecule has 16 heavy (non-hydrogen) atoms. The highest BCUT2D eigenvalue weighted by atomic mass is 127. The van der Waals surface area contributed by atoms with E-state index in [2.05, 4.69) is 34.7 Å². The number of halogens is 1. The number of ether oxygens (including phenoxy) is 1. The Morgan fingerprint density at radius 3 is 2.75 bits per heavy atom. The molecular weight excluding hydrogens is 317 g/mol. The SMILES string of the molecule is O=C1O/C(=C\I)CN1CCc1ccccc1. The molecule has 0 atom stereocenters. The maximum absolute atomic E-state index is 11.4. The third-order valence-electron chi connectivity index (χ3n) is 2.46. The first-order chi connectivity index (χ1) is 7.79. The van der Waals surface area contributed by atoms with E-state index in [0.29, 0.717) is 13.1 Å². The van der Waals surface area contributed by atoms with E-state index in [1.54, 1.807) is 8.98 Å². The topological polar surface area (TPSA) is 29.5 Å². The molecule has 0 spiro atoms. The fourth-order valence-corrected chi connectivity index (χ4v) is 1.92. The van der Waals surface area contributed by atoms with Gasteiger partial charge in [0.15, 0.2) is 0 Å². The predicted octanol–water partition coefficient (Wildman–Crippen LogP) is 2.96. The summed E-state index contributed by atoms with van der Waals surface area (Å²) in [6.45, 7) is 1.30. The number of hydrogen-bond acceptors (Lipinski definition) is 2. The minimum atomic E-state index is -0.237. The minimum absolute atomic E-state index is 0.237. The van der Waals surface area contributed by atoms with Gasteiger partial charge in [-0.15, -0.1) is 0 Å². The van der Waals surface area contributed by atoms with E-state index in [0.717, 1.165) is 12.2 Å². The smallest absolute Gasteiger partial charge is 0.412 e. The lowest BCUT2D eigenvalue weighted by Gasteiger charge is -2.11. The number of amides is 1. The van der Waals surface area contributed by atoms with Gasteiger partial charge in [0.2, 0.25) is 0 Å². The standard InChI is InChI=1S/C12H12INO2/c13-8-11-9-14(12(15)16-11)7-6-10-4-2-1-3-5-10/h1-5,8H,6-7,9H2/b11-8-. The number of benzene rings is 1. The molecule has 0 N–H and O–H groups in total. The molecule has 1 aliphatic heterocycles. The molecule has 3 nitrogen and oxygen atoms in total. The molecule has 0 aliphatic carbocycles. The summed E-state index contributed by atoms with van der Waals surface area (Å²) in [5.41, 5.74) is 1.24. The lowest BCUT2D eigenvalue weighted by molar-refractivity contribution is 0.169. The Bertz CT molecular complexity index is 403. The summed E-state index contributed by atoms with van der Waals surface area (Å²) in [5.74, 6) is 0.735. The van der Waals surface area contributed by atoms with Gasteiger partial charge in [-0.05, 0) is 34.6 Å². The fourth-order valence-electron chi connectivity index (χ4n) is 1.60. The van der Waals surface area contributed by atoms with E-state index in [-0.39, 0.29) is 6.09 Å². The number of cyclic esters (lactones) is 1. The summed E-state index contributed by atoms with van der Waals surface area (Å²) < 4.78 is 6.86. The van der Waals surface area contributed by atoms with Crippen LogP contribution in [0.15, 0.2) is 40.2 Å². The molecule has 1 aliphatic rings. The Kier molecular flexibility index (Phi) is 3.82. The summed E-state index contributed by atoms with van der Waals surface area (Å²) in [7, 11) is 0. The summed E-state index contributed by atoms with van der Waals surface area (Å²) in [6, 6.07) is 10.1. The van der Waals surface area contributed by atoms with Crippen LogP contribution in [0.5, 0.6) is 0 Å². The average Bonchev–Trinajstić information content (AvgIpc) is 2.69. The predicted molar refractivity (Wildman–Crippen MR) is 70.3 cm³/mol. The van der Waals surface area contributed by atoms with Gasteiger partial charge in [-0.3, -0.25) is 0 Å². The normalized spacial score (nSPS) is 17.9. The first-order valence-corrected chi connectivity index (χ1v) is 6.34. The quantitative estimate of drug-likeness (QED) is 0.798. The van der Waals surface area contributed by atoms with Gasteiger partial charge >= 0.3 is 6.09 Å². The van der Waals surface area contributed by atoms with Gasteiger partial charge < -0.3 is 9.64 Å². The molecule has 1 saturated heterocycles. The van der Waals surface area contributed by atoms with Gasteiger partial charge in [-0.2, -0.15) is 0 Å². The molecule has 1 heterocycles. The zero-order chi connectivity index (χ0) is 11.4. The molecule has 1 fully saturated rings. The molecule has 1 amide bonds. The maximum atomic E-state index is 11.4. The Balaban J connectivity index is 1.90. The third kappa shape index (κ3) is 2.75. The zero-order valence-corrected chi connectivity index (χ0v) is 10.9. The Morgan fingerprint density at radius 1 is 1.38 bits per heavy atom. The zero-order valence-electron chi connectivity index (χ0n) is 8.73. The van der Waals surface area contributed by atoms with Crippen molar-refractivity contribution in [3.63, 3.8) is 0 Å². The highest BCUT2D eigenvalue weighted by Crippen LogP contribution is 2.16. The van der Waals surface area contributed by atoms with Crippen molar-refractivity contribution in [3.05, 3.63) is 45.7 Å². The van der Waals surface area contributed by atoms with Crippen LogP contribution in [0.25, 0.3) is 0 Å². The van der Waals surface area contributed by atoms with Gasteiger partial charge in [-0.25, -0.2) is 4.79 Å². The molecule has 0 radical (unpaired) electrons. The second-order valence-electron chi connectivity index (χ2n) is 3.60. The van der Waals surface area contributed by atoms with Gasteiger partial charge in [0, 0.05) is 10.6 Å². The van der Waals surface area contributed by atoms with Crippen LogP contribution in [0, 0.1) is 0 Å². The second-order valence-corrected chi connectivity index (χ2v) is 4.22. The second kappa shape index (κ2) is 5.34. The monoisotopic (exact) mass is 329 g/mol. The van der Waals surface area contributed by atoms with Gasteiger partial charge in [0.25, 0.3) is 0 Å². The maximum Gasteiger partial charge on any atom is 0.415 e. The number of carbonyl (C=O) groups is 1. The fraction of sp³-hybridized carbons (Fsp3) is 0.250. The summed E-state index contributed by atoms with van der Waals surface area (Å²) >= 11 is 2.08. The number of carbonyl (C=O) groups excluding carboxylic acids is 1. The Hall–Kier alpha value is -1.04. The van der Waals surface area contributed by atoms with Crippen molar-refractivity contribution in [2.24, 2.45) is 0 Å². The highest BCUT2D eigenvalue weighted by Gasteiger charge is 2.25. The van der Waals surface area contributed by atoms with E-state index in [4.69, 9.17) is 4.74 Å². The van der Waals surface area contributed by atoms with Gasteiger partial charge in [0.1, 0.15) is 5.76 Å². The highest BCUT2D eigenvalue weighted by molar-refractivity contribution is 14.1. The van der Waals surface area contributed by atoms with E-state index in [1.165, 1.54) is 5.56 Å². The minimum Gasteiger partial charge on any atom is -0.412 e. The third-order valence-corrected chi connectivity index (χ3v) is 3.15. The molecule has 0 bridgehead atoms. The molecule has 0 aromatic heterocycles. The van der Waals surface area contributed by atoms with Crippen LogP contribution in [0.2, 0.25) is 0 Å². The van der Waals surface area contributed by atoms with E-state index in [1.807, 2.05) is 18.2 Å². The average molecular weight is 329 g/mol. The molecule has 4 heteroatoms. The largest absolute Gasteiger partial charge is 0.415 e. The van der Waals surface area contributed by atoms with Crippen LogP contribution in [-0.2, 0) is 11.2 Å². The first kappa shape index (κ1) is 11.4. The van der Waals surface area contributed by atoms with Crippen molar-refractivity contribution in [3.8, 4) is 0 Å².